The van der Waals surface area contributed by atoms with Gasteiger partial charge in [0, 0.05) is 6.42 Å². The van der Waals surface area contributed by atoms with E-state index in [4.69, 9.17) is 27.2 Å². The Hall–Kier alpha value is -1.48. The third-order valence-electron chi connectivity index (χ3n) is 3.04. The number of halogens is 1. The van der Waals surface area contributed by atoms with Crippen molar-refractivity contribution < 1.29 is 14.9 Å². The summed E-state index contributed by atoms with van der Waals surface area (Å²) in [7, 11) is 0. The summed E-state index contributed by atoms with van der Waals surface area (Å²) < 4.78 is 7.07. The Morgan fingerprint density at radius 2 is 2.32 bits per heavy atom. The minimum atomic E-state index is -0.760. The summed E-state index contributed by atoms with van der Waals surface area (Å²) in [6, 6.07) is 0. The van der Waals surface area contributed by atoms with Crippen molar-refractivity contribution in [2.45, 2.75) is 24.9 Å². The maximum absolute atomic E-state index is 9.97. The van der Waals surface area contributed by atoms with Crippen LogP contribution in [-0.4, -0.2) is 48.5 Å². The molecule has 8 nitrogen and oxygen atoms in total. The van der Waals surface area contributed by atoms with Gasteiger partial charge in [0.25, 0.3) is 0 Å². The lowest BCUT2D eigenvalue weighted by Gasteiger charge is -2.16. The maximum atomic E-state index is 9.97. The van der Waals surface area contributed by atoms with Crippen LogP contribution in [-0.2, 0) is 4.74 Å². The van der Waals surface area contributed by atoms with E-state index in [1.54, 1.807) is 4.57 Å². The Labute approximate surface area is 112 Å². The molecule has 0 amide bonds. The zero-order valence-electron chi connectivity index (χ0n) is 9.77. The van der Waals surface area contributed by atoms with Gasteiger partial charge in [-0.25, -0.2) is 4.98 Å². The molecule has 0 aliphatic carbocycles. The highest BCUT2D eigenvalue weighted by atomic mass is 35.5. The average molecular weight is 286 g/mol. The number of nitrogen functional groups attached to an aromatic ring is 1. The Kier molecular flexibility index (Phi) is 3.02. The van der Waals surface area contributed by atoms with Crippen LogP contribution >= 0.6 is 11.6 Å². The summed E-state index contributed by atoms with van der Waals surface area (Å²) in [5.41, 5.74) is 6.33. The summed E-state index contributed by atoms with van der Waals surface area (Å²) >= 11 is 5.92. The van der Waals surface area contributed by atoms with Crippen molar-refractivity contribution in [2.24, 2.45) is 0 Å². The molecular formula is C10H12ClN5O3. The molecule has 0 radical (unpaired) electrons. The highest BCUT2D eigenvalue weighted by Gasteiger charge is 2.36. The fourth-order valence-corrected chi connectivity index (χ4v) is 2.40. The third-order valence-corrected chi connectivity index (χ3v) is 3.30. The number of anilines is 1. The van der Waals surface area contributed by atoms with Gasteiger partial charge in [-0.1, -0.05) is 11.6 Å². The van der Waals surface area contributed by atoms with E-state index in [0.717, 1.165) is 0 Å². The Morgan fingerprint density at radius 1 is 1.53 bits per heavy atom. The number of hydrogen-bond acceptors (Lipinski definition) is 7. The smallest absolute Gasteiger partial charge is 0.223 e. The molecule has 102 valence electrons. The summed E-state index contributed by atoms with van der Waals surface area (Å²) in [6.07, 6.45) is -0.0443. The number of hydrogen-bond donors (Lipinski definition) is 3. The quantitative estimate of drug-likeness (QED) is 0.648. The van der Waals surface area contributed by atoms with E-state index in [0.29, 0.717) is 17.6 Å². The van der Waals surface area contributed by atoms with E-state index in [1.807, 2.05) is 0 Å². The van der Waals surface area contributed by atoms with Gasteiger partial charge in [-0.05, 0) is 0 Å². The first-order chi connectivity index (χ1) is 9.10. The predicted molar refractivity (Wildman–Crippen MR) is 66.4 cm³/mol. The molecule has 2 aromatic rings. The number of imidazole rings is 1. The van der Waals surface area contributed by atoms with Crippen LogP contribution in [0.25, 0.3) is 11.2 Å². The van der Waals surface area contributed by atoms with Crippen molar-refractivity contribution >= 4 is 28.7 Å². The Morgan fingerprint density at radius 3 is 3.00 bits per heavy atom. The van der Waals surface area contributed by atoms with Gasteiger partial charge in [-0.2, -0.15) is 9.97 Å². The number of aliphatic hydroxyl groups excluding tert-OH is 2. The van der Waals surface area contributed by atoms with Crippen molar-refractivity contribution in [3.05, 3.63) is 11.5 Å². The topological polar surface area (TPSA) is 119 Å². The van der Waals surface area contributed by atoms with Gasteiger partial charge in [-0.3, -0.25) is 4.57 Å². The van der Waals surface area contributed by atoms with Crippen molar-refractivity contribution in [1.82, 2.24) is 19.5 Å². The second kappa shape index (κ2) is 4.57. The van der Waals surface area contributed by atoms with Gasteiger partial charge in [0.2, 0.25) is 5.95 Å². The molecule has 0 bridgehead atoms. The molecule has 0 aromatic carbocycles. The third kappa shape index (κ3) is 2.02. The van der Waals surface area contributed by atoms with E-state index >= 15 is 0 Å². The molecule has 3 rings (SSSR count). The SMILES string of the molecule is Nc1nc(Cl)c2ncn([C@@H]3O[C@H](CO)C[C@H]3O)c2n1. The zero-order valence-corrected chi connectivity index (χ0v) is 10.5. The van der Waals surface area contributed by atoms with E-state index in [-0.39, 0.29) is 17.7 Å². The second-order valence-electron chi connectivity index (χ2n) is 4.33. The Balaban J connectivity index is 2.06. The minimum absolute atomic E-state index is 0.0189. The van der Waals surface area contributed by atoms with Crippen molar-refractivity contribution in [3.8, 4) is 0 Å². The molecule has 0 spiro atoms. The summed E-state index contributed by atoms with van der Waals surface area (Å²) in [4.78, 5) is 11.9. The lowest BCUT2D eigenvalue weighted by atomic mass is 10.2. The maximum Gasteiger partial charge on any atom is 0.223 e. The average Bonchev–Trinajstić information content (AvgIpc) is 2.92. The van der Waals surface area contributed by atoms with Crippen LogP contribution in [0, 0.1) is 0 Å². The lowest BCUT2D eigenvalue weighted by molar-refractivity contribution is -0.0486. The highest BCUT2D eigenvalue weighted by molar-refractivity contribution is 6.33. The summed E-state index contributed by atoms with van der Waals surface area (Å²) in [5.74, 6) is 0.0189. The van der Waals surface area contributed by atoms with E-state index in [1.165, 1.54) is 6.33 Å². The van der Waals surface area contributed by atoms with Gasteiger partial charge >= 0.3 is 0 Å². The molecule has 1 fully saturated rings. The van der Waals surface area contributed by atoms with Crippen molar-refractivity contribution in [2.75, 3.05) is 12.3 Å². The van der Waals surface area contributed by atoms with Gasteiger partial charge in [0.15, 0.2) is 17.0 Å². The van der Waals surface area contributed by atoms with Crippen LogP contribution in [0.15, 0.2) is 6.33 Å². The number of fused-ring (bicyclic) bond motifs is 1. The fraction of sp³-hybridized carbons (Fsp3) is 0.500. The monoisotopic (exact) mass is 285 g/mol. The molecular weight excluding hydrogens is 274 g/mol. The molecule has 9 heteroatoms. The first-order valence-electron chi connectivity index (χ1n) is 5.70. The number of ether oxygens (including phenoxy) is 1. The normalized spacial score (nSPS) is 27.2. The number of nitrogens with two attached hydrogens (primary N) is 1. The lowest BCUT2D eigenvalue weighted by Crippen LogP contribution is -2.19. The first-order valence-corrected chi connectivity index (χ1v) is 6.08. The Bertz CT molecular complexity index is 618. The van der Waals surface area contributed by atoms with Gasteiger partial charge < -0.3 is 20.7 Å². The standard InChI is InChI=1S/C10H12ClN5O3/c11-7-6-8(15-10(12)14-7)16(3-13-6)9-5(18)1-4(2-17)19-9/h3-5,9,17-18H,1-2H2,(H2,12,14,15)/t4-,5+,9+/m0/s1. The number of aliphatic hydroxyl groups is 2. The van der Waals surface area contributed by atoms with E-state index in [9.17, 15) is 5.11 Å². The van der Waals surface area contributed by atoms with Crippen LogP contribution in [0.1, 0.15) is 12.6 Å². The summed E-state index contributed by atoms with van der Waals surface area (Å²) in [6.45, 7) is -0.155. The van der Waals surface area contributed by atoms with Gasteiger partial charge in [-0.15, -0.1) is 0 Å². The largest absolute Gasteiger partial charge is 0.394 e. The van der Waals surface area contributed by atoms with Crippen LogP contribution < -0.4 is 5.73 Å². The second-order valence-corrected chi connectivity index (χ2v) is 4.69. The molecule has 1 aliphatic rings. The number of aromatic nitrogens is 4. The number of nitrogens with zero attached hydrogens (tertiary/aromatic N) is 4. The van der Waals surface area contributed by atoms with Crippen LogP contribution in [0.2, 0.25) is 5.15 Å². The minimum Gasteiger partial charge on any atom is -0.394 e. The molecule has 4 N–H and O–H groups in total. The predicted octanol–water partition coefficient (Wildman–Crippen LogP) is -0.297. The van der Waals surface area contributed by atoms with Crippen molar-refractivity contribution in [1.29, 1.82) is 0 Å². The molecule has 0 saturated carbocycles. The molecule has 3 heterocycles. The van der Waals surface area contributed by atoms with Crippen LogP contribution in [0.5, 0.6) is 0 Å². The van der Waals surface area contributed by atoms with E-state index in [2.05, 4.69) is 15.0 Å². The van der Waals surface area contributed by atoms with Crippen LogP contribution in [0.4, 0.5) is 5.95 Å². The summed E-state index contributed by atoms with van der Waals surface area (Å²) in [5, 5.41) is 19.2. The van der Waals surface area contributed by atoms with Gasteiger partial charge in [0.05, 0.1) is 19.0 Å². The first kappa shape index (κ1) is 12.5. The van der Waals surface area contributed by atoms with E-state index < -0.39 is 18.4 Å². The molecule has 3 atom stereocenters. The molecule has 0 unspecified atom stereocenters. The van der Waals surface area contributed by atoms with Crippen molar-refractivity contribution in [3.63, 3.8) is 0 Å². The molecule has 1 saturated heterocycles. The number of rotatable bonds is 2. The highest BCUT2D eigenvalue weighted by Crippen LogP contribution is 2.31. The van der Waals surface area contributed by atoms with Gasteiger partial charge in [0.1, 0.15) is 11.6 Å². The fourth-order valence-electron chi connectivity index (χ4n) is 2.18. The zero-order chi connectivity index (χ0) is 13.6. The molecule has 1 aliphatic heterocycles. The molecule has 2 aromatic heterocycles. The molecule has 19 heavy (non-hydrogen) atoms. The van der Waals surface area contributed by atoms with Crippen LogP contribution in [0.3, 0.4) is 0 Å².